The molecule has 1 aliphatic rings. The summed E-state index contributed by atoms with van der Waals surface area (Å²) in [5.74, 6) is -0.258. The van der Waals surface area contributed by atoms with Crippen LogP contribution in [0.25, 0.3) is 0 Å². The van der Waals surface area contributed by atoms with E-state index in [1.807, 2.05) is 12.1 Å². The van der Waals surface area contributed by atoms with Crippen molar-refractivity contribution < 1.29 is 18.8 Å². The molecule has 2 aromatic rings. The van der Waals surface area contributed by atoms with E-state index < -0.39 is 8.07 Å². The second-order valence-corrected chi connectivity index (χ2v) is 13.6. The molecule has 0 spiro atoms. The number of ether oxygens (including phenoxy) is 1. The van der Waals surface area contributed by atoms with E-state index in [9.17, 15) is 4.79 Å². The second kappa shape index (κ2) is 7.74. The Morgan fingerprint density at radius 2 is 1.52 bits per heavy atom. The molecule has 0 N–H and O–H groups in total. The molecule has 0 radical (unpaired) electrons. The van der Waals surface area contributed by atoms with Gasteiger partial charge in [0.15, 0.2) is 0 Å². The first-order chi connectivity index (χ1) is 13.4. The molecule has 4 nitrogen and oxygen atoms in total. The van der Waals surface area contributed by atoms with Crippen molar-refractivity contribution in [2.45, 2.75) is 65.5 Å². The summed E-state index contributed by atoms with van der Waals surface area (Å²) in [6.45, 7) is 14.7. The van der Waals surface area contributed by atoms with E-state index >= 15 is 0 Å². The Labute approximate surface area is 175 Å². The average Bonchev–Trinajstić information content (AvgIpc) is 2.88. The molecule has 3 rings (SSSR count). The van der Waals surface area contributed by atoms with Crippen molar-refractivity contribution in [2.75, 3.05) is 0 Å². The maximum atomic E-state index is 11.3. The van der Waals surface area contributed by atoms with Crippen LogP contribution < -0.4 is 15.8 Å². The highest BCUT2D eigenvalue weighted by molar-refractivity contribution is 7.00. The Hall–Kier alpha value is -1.89. The third-order valence-corrected chi connectivity index (χ3v) is 9.89. The molecule has 1 saturated heterocycles. The number of hydrogen-bond donors (Lipinski definition) is 0. The lowest BCUT2D eigenvalue weighted by atomic mass is 9.79. The fourth-order valence-corrected chi connectivity index (χ4v) is 6.41. The number of benzene rings is 2. The van der Waals surface area contributed by atoms with E-state index in [2.05, 4.69) is 77.2 Å². The number of carbonyl (C=O) groups is 1. The first-order valence-electron chi connectivity index (χ1n) is 10.1. The van der Waals surface area contributed by atoms with Gasteiger partial charge in [-0.05, 0) is 43.9 Å². The predicted octanol–water partition coefficient (Wildman–Crippen LogP) is 2.87. The van der Waals surface area contributed by atoms with Gasteiger partial charge in [0.05, 0.1) is 11.2 Å². The van der Waals surface area contributed by atoms with Crippen molar-refractivity contribution in [3.8, 4) is 0 Å². The SMILES string of the molecule is CC(=O)OCc1ccccc1[Si](C)(C)c1ccc(B2OC(C)(C)C(C)(C)O2)cc1. The number of carbonyl (C=O) groups excluding carboxylic acids is 1. The normalized spacial score (nSPS) is 18.0. The van der Waals surface area contributed by atoms with Crippen LogP contribution in [0.4, 0.5) is 0 Å². The van der Waals surface area contributed by atoms with E-state index in [-0.39, 0.29) is 24.3 Å². The Balaban J connectivity index is 1.86. The third kappa shape index (κ3) is 4.34. The number of hydrogen-bond acceptors (Lipinski definition) is 4. The minimum absolute atomic E-state index is 0.258. The minimum atomic E-state index is -1.96. The molecule has 2 aromatic carbocycles. The maximum absolute atomic E-state index is 11.3. The number of rotatable bonds is 5. The molecule has 6 heteroatoms. The molecule has 0 aromatic heterocycles. The highest BCUT2D eigenvalue weighted by atomic mass is 28.3. The molecule has 0 saturated carbocycles. The van der Waals surface area contributed by atoms with Crippen LogP contribution in [0.1, 0.15) is 40.2 Å². The fourth-order valence-electron chi connectivity index (χ4n) is 3.63. The summed E-state index contributed by atoms with van der Waals surface area (Å²) in [5.41, 5.74) is 1.42. The molecular formula is C23H31BO4Si. The van der Waals surface area contributed by atoms with Crippen molar-refractivity contribution in [3.05, 3.63) is 54.1 Å². The summed E-state index contributed by atoms with van der Waals surface area (Å²) in [4.78, 5) is 11.3. The fraction of sp³-hybridized carbons (Fsp3) is 0.435. The molecule has 0 aliphatic carbocycles. The van der Waals surface area contributed by atoms with Gasteiger partial charge in [-0.2, -0.15) is 0 Å². The lowest BCUT2D eigenvalue weighted by Crippen LogP contribution is -2.54. The summed E-state index contributed by atoms with van der Waals surface area (Å²) in [6, 6.07) is 16.9. The van der Waals surface area contributed by atoms with Gasteiger partial charge in [0.25, 0.3) is 0 Å². The minimum Gasteiger partial charge on any atom is -0.461 e. The summed E-state index contributed by atoms with van der Waals surface area (Å²) in [5, 5.41) is 2.60. The van der Waals surface area contributed by atoms with E-state index in [0.29, 0.717) is 6.61 Å². The van der Waals surface area contributed by atoms with Gasteiger partial charge in [-0.15, -0.1) is 0 Å². The summed E-state index contributed by atoms with van der Waals surface area (Å²) in [7, 11) is -2.32. The van der Waals surface area contributed by atoms with Crippen molar-refractivity contribution in [3.63, 3.8) is 0 Å². The van der Waals surface area contributed by atoms with Gasteiger partial charge in [-0.3, -0.25) is 4.79 Å². The molecule has 0 amide bonds. The third-order valence-electron chi connectivity index (χ3n) is 6.28. The predicted molar refractivity (Wildman–Crippen MR) is 121 cm³/mol. The molecule has 1 aliphatic heterocycles. The van der Waals surface area contributed by atoms with Gasteiger partial charge in [-0.25, -0.2) is 0 Å². The molecule has 0 bridgehead atoms. The summed E-state index contributed by atoms with van der Waals surface area (Å²) >= 11 is 0. The van der Waals surface area contributed by atoms with Crippen LogP contribution in [0, 0.1) is 0 Å². The van der Waals surface area contributed by atoms with Crippen LogP contribution in [0.3, 0.4) is 0 Å². The topological polar surface area (TPSA) is 44.8 Å². The Morgan fingerprint density at radius 3 is 2.07 bits per heavy atom. The molecule has 29 heavy (non-hydrogen) atoms. The van der Waals surface area contributed by atoms with Crippen LogP contribution in [0.5, 0.6) is 0 Å². The average molecular weight is 410 g/mol. The van der Waals surface area contributed by atoms with Crippen LogP contribution in [0.2, 0.25) is 13.1 Å². The highest BCUT2D eigenvalue weighted by Crippen LogP contribution is 2.36. The van der Waals surface area contributed by atoms with Crippen molar-refractivity contribution in [1.82, 2.24) is 0 Å². The van der Waals surface area contributed by atoms with Gasteiger partial charge in [-0.1, -0.05) is 66.8 Å². The number of esters is 1. The zero-order valence-electron chi connectivity index (χ0n) is 18.5. The van der Waals surface area contributed by atoms with Gasteiger partial charge in [0, 0.05) is 6.92 Å². The Morgan fingerprint density at radius 1 is 0.966 bits per heavy atom. The molecule has 1 fully saturated rings. The maximum Gasteiger partial charge on any atom is 0.494 e. The van der Waals surface area contributed by atoms with E-state index in [4.69, 9.17) is 14.0 Å². The van der Waals surface area contributed by atoms with Crippen LogP contribution in [0.15, 0.2) is 48.5 Å². The first-order valence-corrected chi connectivity index (χ1v) is 13.1. The molecular weight excluding hydrogens is 379 g/mol. The van der Waals surface area contributed by atoms with Gasteiger partial charge >= 0.3 is 13.1 Å². The van der Waals surface area contributed by atoms with Crippen LogP contribution in [-0.4, -0.2) is 32.4 Å². The monoisotopic (exact) mass is 410 g/mol. The Bertz CT molecular complexity index is 874. The lowest BCUT2D eigenvalue weighted by molar-refractivity contribution is -0.142. The van der Waals surface area contributed by atoms with Crippen molar-refractivity contribution in [1.29, 1.82) is 0 Å². The van der Waals surface area contributed by atoms with Crippen molar-refractivity contribution in [2.24, 2.45) is 0 Å². The van der Waals surface area contributed by atoms with E-state index in [1.54, 1.807) is 0 Å². The van der Waals surface area contributed by atoms with Crippen LogP contribution in [-0.2, 0) is 25.4 Å². The first kappa shape index (κ1) is 21.8. The smallest absolute Gasteiger partial charge is 0.461 e. The highest BCUT2D eigenvalue weighted by Gasteiger charge is 2.51. The molecule has 154 valence electrons. The van der Waals surface area contributed by atoms with Crippen molar-refractivity contribution >= 4 is 37.0 Å². The van der Waals surface area contributed by atoms with E-state index in [1.165, 1.54) is 17.3 Å². The van der Waals surface area contributed by atoms with E-state index in [0.717, 1.165) is 11.0 Å². The molecule has 0 atom stereocenters. The van der Waals surface area contributed by atoms with Crippen LogP contribution >= 0.6 is 0 Å². The standard InChI is InChI=1S/C23H31BO4Si/c1-17(25)26-16-18-10-8-9-11-21(18)29(6,7)20-14-12-19(13-15-20)24-27-22(2,3)23(4,5)28-24/h8-15H,16H2,1-7H3. The lowest BCUT2D eigenvalue weighted by Gasteiger charge is -2.32. The summed E-state index contributed by atoms with van der Waals surface area (Å²) in [6.07, 6.45) is 0. The zero-order chi connectivity index (χ0) is 21.4. The Kier molecular flexibility index (Phi) is 5.82. The largest absolute Gasteiger partial charge is 0.494 e. The van der Waals surface area contributed by atoms with Gasteiger partial charge in [0.2, 0.25) is 0 Å². The van der Waals surface area contributed by atoms with Gasteiger partial charge < -0.3 is 14.0 Å². The molecule has 0 unspecified atom stereocenters. The molecule has 1 heterocycles. The zero-order valence-corrected chi connectivity index (χ0v) is 19.5. The second-order valence-electron chi connectivity index (χ2n) is 9.27. The summed E-state index contributed by atoms with van der Waals surface area (Å²) < 4.78 is 17.6. The van der Waals surface area contributed by atoms with Gasteiger partial charge in [0.1, 0.15) is 14.7 Å². The quantitative estimate of drug-likeness (QED) is 0.562.